The highest BCUT2D eigenvalue weighted by atomic mass is 15.2. The van der Waals surface area contributed by atoms with E-state index in [2.05, 4.69) is 100 Å². The van der Waals surface area contributed by atoms with Gasteiger partial charge in [0, 0.05) is 42.2 Å². The Morgan fingerprint density at radius 2 is 1.77 bits per heavy atom. The van der Waals surface area contributed by atoms with Crippen molar-refractivity contribution in [2.45, 2.75) is 46.1 Å². The van der Waals surface area contributed by atoms with E-state index in [0.29, 0.717) is 0 Å². The molecule has 0 bridgehead atoms. The fourth-order valence-corrected chi connectivity index (χ4v) is 4.53. The zero-order valence-electron chi connectivity index (χ0n) is 19.2. The van der Waals surface area contributed by atoms with Crippen molar-refractivity contribution in [2.75, 3.05) is 14.1 Å². The maximum atomic E-state index is 4.78. The lowest BCUT2D eigenvalue weighted by Crippen LogP contribution is -2.42. The summed E-state index contributed by atoms with van der Waals surface area (Å²) < 4.78 is 0. The SMILES string of the molecule is C=CN(C)C1=CCCC=C1C(C)(c1c(-c2ccc(C)cc2C)n[nH]c1C)N(C)C=C. The molecule has 1 unspecified atom stereocenters. The predicted molar refractivity (Wildman–Crippen MR) is 127 cm³/mol. The molecule has 1 aromatic carbocycles. The Morgan fingerprint density at radius 3 is 2.40 bits per heavy atom. The van der Waals surface area contributed by atoms with Gasteiger partial charge in [-0.2, -0.15) is 5.10 Å². The maximum absolute atomic E-state index is 4.78. The highest BCUT2D eigenvalue weighted by Gasteiger charge is 2.41. The minimum atomic E-state index is -0.449. The largest absolute Gasteiger partial charge is 0.367 e. The van der Waals surface area contributed by atoms with Crippen LogP contribution in [0.2, 0.25) is 0 Å². The summed E-state index contributed by atoms with van der Waals surface area (Å²) in [6.45, 7) is 16.7. The van der Waals surface area contributed by atoms with Crippen molar-refractivity contribution in [3.8, 4) is 11.3 Å². The summed E-state index contributed by atoms with van der Waals surface area (Å²) in [5, 5.41) is 8.05. The molecule has 0 saturated carbocycles. The smallest absolute Gasteiger partial charge is 0.0985 e. The van der Waals surface area contributed by atoms with Crippen molar-refractivity contribution in [3.63, 3.8) is 0 Å². The molecule has 158 valence electrons. The van der Waals surface area contributed by atoms with E-state index >= 15 is 0 Å². The van der Waals surface area contributed by atoms with E-state index in [0.717, 1.165) is 29.8 Å². The Morgan fingerprint density at radius 1 is 1.07 bits per heavy atom. The van der Waals surface area contributed by atoms with Crippen molar-refractivity contribution in [1.82, 2.24) is 20.0 Å². The Kier molecular flexibility index (Phi) is 6.06. The zero-order valence-corrected chi connectivity index (χ0v) is 19.2. The molecule has 4 nitrogen and oxygen atoms in total. The molecule has 1 aromatic heterocycles. The van der Waals surface area contributed by atoms with Gasteiger partial charge in [-0.3, -0.25) is 5.10 Å². The van der Waals surface area contributed by atoms with Gasteiger partial charge in [0.1, 0.15) is 0 Å². The molecular weight excluding hydrogens is 368 g/mol. The first-order chi connectivity index (χ1) is 14.2. The minimum absolute atomic E-state index is 0.449. The first kappa shape index (κ1) is 21.7. The van der Waals surface area contributed by atoms with Gasteiger partial charge in [0.15, 0.2) is 0 Å². The van der Waals surface area contributed by atoms with Gasteiger partial charge >= 0.3 is 0 Å². The molecule has 0 fully saturated rings. The Hall–Kier alpha value is -3.01. The van der Waals surface area contributed by atoms with Crippen molar-refractivity contribution < 1.29 is 0 Å². The molecule has 1 aliphatic rings. The summed E-state index contributed by atoms with van der Waals surface area (Å²) in [7, 11) is 4.14. The summed E-state index contributed by atoms with van der Waals surface area (Å²) in [6, 6.07) is 6.55. The molecule has 1 atom stereocenters. The third-order valence-corrected chi connectivity index (χ3v) is 6.36. The third-order valence-electron chi connectivity index (χ3n) is 6.36. The van der Waals surface area contributed by atoms with Gasteiger partial charge in [-0.15, -0.1) is 0 Å². The molecule has 4 heteroatoms. The lowest BCUT2D eigenvalue weighted by molar-refractivity contribution is 0.244. The van der Waals surface area contributed by atoms with Gasteiger partial charge in [-0.05, 0) is 58.5 Å². The molecule has 0 aliphatic heterocycles. The third kappa shape index (κ3) is 3.51. The second kappa shape index (κ2) is 8.39. The fourth-order valence-electron chi connectivity index (χ4n) is 4.53. The summed E-state index contributed by atoms with van der Waals surface area (Å²) in [4.78, 5) is 4.30. The second-order valence-corrected chi connectivity index (χ2v) is 8.33. The number of H-pyrrole nitrogens is 1. The van der Waals surface area contributed by atoms with Crippen LogP contribution in [0.4, 0.5) is 0 Å². The van der Waals surface area contributed by atoms with Crippen LogP contribution < -0.4 is 0 Å². The van der Waals surface area contributed by atoms with Crippen molar-refractivity contribution in [1.29, 1.82) is 0 Å². The average Bonchev–Trinajstić information content (AvgIpc) is 3.13. The van der Waals surface area contributed by atoms with Crippen LogP contribution in [0.3, 0.4) is 0 Å². The molecule has 1 aliphatic carbocycles. The van der Waals surface area contributed by atoms with E-state index in [1.54, 1.807) is 0 Å². The van der Waals surface area contributed by atoms with Crippen molar-refractivity contribution in [3.05, 3.63) is 89.6 Å². The van der Waals surface area contributed by atoms with E-state index in [4.69, 9.17) is 5.10 Å². The van der Waals surface area contributed by atoms with Gasteiger partial charge in [0.05, 0.1) is 11.2 Å². The van der Waals surface area contributed by atoms with Crippen LogP contribution in [0.1, 0.15) is 42.1 Å². The van der Waals surface area contributed by atoms with Crippen LogP contribution in [-0.2, 0) is 5.54 Å². The van der Waals surface area contributed by atoms with E-state index in [1.807, 2.05) is 12.4 Å². The quantitative estimate of drug-likeness (QED) is 0.619. The van der Waals surface area contributed by atoms with Crippen LogP contribution in [-0.4, -0.2) is 34.1 Å². The van der Waals surface area contributed by atoms with Crippen LogP contribution in [0.5, 0.6) is 0 Å². The lowest BCUT2D eigenvalue weighted by atomic mass is 9.76. The Balaban J connectivity index is 2.30. The number of hydrogen-bond acceptors (Lipinski definition) is 3. The Labute approximate surface area is 181 Å². The van der Waals surface area contributed by atoms with Gasteiger partial charge in [-0.1, -0.05) is 49.1 Å². The normalized spacial score (nSPS) is 15.7. The van der Waals surface area contributed by atoms with Crippen molar-refractivity contribution in [2.24, 2.45) is 0 Å². The highest BCUT2D eigenvalue weighted by Crippen LogP contribution is 2.46. The molecule has 3 rings (SSSR count). The predicted octanol–water partition coefficient (Wildman–Crippen LogP) is 5.97. The first-order valence-electron chi connectivity index (χ1n) is 10.5. The van der Waals surface area contributed by atoms with Gasteiger partial charge in [-0.25, -0.2) is 0 Å². The van der Waals surface area contributed by atoms with Crippen LogP contribution in [0.25, 0.3) is 11.3 Å². The number of aromatic nitrogens is 2. The minimum Gasteiger partial charge on any atom is -0.367 e. The maximum Gasteiger partial charge on any atom is 0.0985 e. The number of likely N-dealkylation sites (N-methyl/N-ethyl adjacent to an activating group) is 2. The molecule has 1 heterocycles. The van der Waals surface area contributed by atoms with E-state index < -0.39 is 5.54 Å². The number of rotatable bonds is 7. The summed E-state index contributed by atoms with van der Waals surface area (Å²) in [5.74, 6) is 0. The number of hydrogen-bond donors (Lipinski definition) is 1. The first-order valence-corrected chi connectivity index (χ1v) is 10.5. The van der Waals surface area contributed by atoms with Gasteiger partial charge in [0.2, 0.25) is 0 Å². The molecule has 0 amide bonds. The molecule has 1 N–H and O–H groups in total. The number of aryl methyl sites for hydroxylation is 3. The molecule has 0 spiro atoms. The molecule has 0 radical (unpaired) electrons. The standard InChI is InChI=1S/C26H34N4/c1-9-29(7)23-14-12-11-13-22(23)26(6,30(8)10-2)24-20(5)27-28-25(24)21-16-15-18(3)17-19(21)4/h9-10,13-17H,1-2,11-12H2,3-8H3,(H,27,28). The fraction of sp³-hybridized carbons (Fsp3) is 0.346. The molecule has 2 aromatic rings. The van der Waals surface area contributed by atoms with Crippen molar-refractivity contribution >= 4 is 0 Å². The van der Waals surface area contributed by atoms with E-state index in [-0.39, 0.29) is 0 Å². The van der Waals surface area contributed by atoms with Crippen LogP contribution >= 0.6 is 0 Å². The van der Waals surface area contributed by atoms with Crippen LogP contribution in [0.15, 0.2) is 67.2 Å². The van der Waals surface area contributed by atoms with E-state index in [1.165, 1.54) is 28.0 Å². The summed E-state index contributed by atoms with van der Waals surface area (Å²) in [6.07, 6.45) is 10.5. The molecular formula is C26H34N4. The van der Waals surface area contributed by atoms with Crippen LogP contribution in [0, 0.1) is 20.8 Å². The van der Waals surface area contributed by atoms with Gasteiger partial charge < -0.3 is 9.80 Å². The molecule has 30 heavy (non-hydrogen) atoms. The summed E-state index contributed by atoms with van der Waals surface area (Å²) in [5.41, 5.74) is 8.84. The Bertz CT molecular complexity index is 1020. The lowest BCUT2D eigenvalue weighted by Gasteiger charge is -2.44. The summed E-state index contributed by atoms with van der Waals surface area (Å²) >= 11 is 0. The zero-order chi connectivity index (χ0) is 22.1. The van der Waals surface area contributed by atoms with E-state index in [9.17, 15) is 0 Å². The molecule has 0 saturated heterocycles. The number of allylic oxidation sites excluding steroid dienone is 2. The monoisotopic (exact) mass is 402 g/mol. The van der Waals surface area contributed by atoms with Gasteiger partial charge in [0.25, 0.3) is 0 Å². The average molecular weight is 403 g/mol. The topological polar surface area (TPSA) is 35.2 Å². The number of benzene rings is 1. The number of nitrogens with zero attached hydrogens (tertiary/aromatic N) is 3. The number of aromatic amines is 1. The number of nitrogens with one attached hydrogen (secondary N) is 1. The highest BCUT2D eigenvalue weighted by molar-refractivity contribution is 5.71. The second-order valence-electron chi connectivity index (χ2n) is 8.33.